The van der Waals surface area contributed by atoms with Crippen molar-refractivity contribution in [2.45, 2.75) is 70.6 Å². The van der Waals surface area contributed by atoms with Crippen LogP contribution in [0.3, 0.4) is 0 Å². The molecule has 0 spiro atoms. The van der Waals surface area contributed by atoms with E-state index in [0.717, 1.165) is 36.4 Å². The molecule has 1 aromatic rings. The van der Waals surface area contributed by atoms with E-state index in [-0.39, 0.29) is 23.2 Å². The van der Waals surface area contributed by atoms with Crippen molar-refractivity contribution in [2.24, 2.45) is 0 Å². The summed E-state index contributed by atoms with van der Waals surface area (Å²) < 4.78 is 9.17. The van der Waals surface area contributed by atoms with Crippen LogP contribution in [0, 0.1) is 10.7 Å². The molecular formula is C19H26I3NO2. The molecule has 1 heterocycles. The van der Waals surface area contributed by atoms with E-state index in [2.05, 4.69) is 113 Å². The van der Waals surface area contributed by atoms with E-state index in [1.165, 1.54) is 0 Å². The number of benzene rings is 1. The molecule has 2 rings (SSSR count). The second-order valence-corrected chi connectivity index (χ2v) is 10.9. The zero-order valence-electron chi connectivity index (χ0n) is 15.5. The largest absolute Gasteiger partial charge is 0.459 e. The highest BCUT2D eigenvalue weighted by Gasteiger charge is 2.47. The highest BCUT2D eigenvalue weighted by Crippen LogP contribution is 2.42. The lowest BCUT2D eigenvalue weighted by Crippen LogP contribution is -2.62. The second-order valence-electron chi connectivity index (χ2n) is 7.44. The molecule has 6 heteroatoms. The van der Waals surface area contributed by atoms with Gasteiger partial charge in [-0.2, -0.15) is 0 Å². The van der Waals surface area contributed by atoms with Gasteiger partial charge in [0.15, 0.2) is 0 Å². The summed E-state index contributed by atoms with van der Waals surface area (Å²) in [6.45, 7) is 9.03. The maximum absolute atomic E-state index is 12.9. The molecule has 140 valence electrons. The molecule has 1 fully saturated rings. The summed E-state index contributed by atoms with van der Waals surface area (Å²) >= 11 is 6.78. The van der Waals surface area contributed by atoms with Crippen LogP contribution in [0.5, 0.6) is 0 Å². The zero-order chi connectivity index (χ0) is 19.0. The Morgan fingerprint density at radius 2 is 1.68 bits per heavy atom. The van der Waals surface area contributed by atoms with Crippen molar-refractivity contribution < 1.29 is 9.53 Å². The van der Waals surface area contributed by atoms with Crippen molar-refractivity contribution in [1.82, 2.24) is 4.90 Å². The van der Waals surface area contributed by atoms with Gasteiger partial charge in [0.1, 0.15) is 6.10 Å². The first-order valence-electron chi connectivity index (χ1n) is 8.65. The van der Waals surface area contributed by atoms with Gasteiger partial charge < -0.3 is 4.74 Å². The number of nitrogens with zero attached hydrogens (tertiary/aromatic N) is 1. The molecule has 1 aromatic carbocycles. The molecule has 0 saturated carbocycles. The summed E-state index contributed by atoms with van der Waals surface area (Å²) in [6, 6.07) is 4.01. The number of hydrogen-bond donors (Lipinski definition) is 0. The summed E-state index contributed by atoms with van der Waals surface area (Å²) in [7, 11) is 2.22. The minimum absolute atomic E-state index is 0.0371. The van der Waals surface area contributed by atoms with Crippen molar-refractivity contribution in [3.8, 4) is 0 Å². The van der Waals surface area contributed by atoms with Gasteiger partial charge in [-0.25, -0.2) is 4.79 Å². The van der Waals surface area contributed by atoms with E-state index in [1.54, 1.807) is 0 Å². The van der Waals surface area contributed by atoms with Gasteiger partial charge in [0.25, 0.3) is 0 Å². The predicted octanol–water partition coefficient (Wildman–Crippen LogP) is 6.09. The third kappa shape index (κ3) is 4.64. The van der Waals surface area contributed by atoms with Crippen LogP contribution in [-0.2, 0) is 4.74 Å². The smallest absolute Gasteiger partial charge is 0.339 e. The molecule has 1 aliphatic rings. The quantitative estimate of drug-likeness (QED) is 0.219. The van der Waals surface area contributed by atoms with E-state index in [4.69, 9.17) is 4.74 Å². The maximum Gasteiger partial charge on any atom is 0.339 e. The topological polar surface area (TPSA) is 29.5 Å². The Labute approximate surface area is 192 Å². The fraction of sp³-hybridized carbons (Fsp3) is 0.632. The SMILES string of the molecule is CCC1(C)CC(OC(=O)c2cc(I)cc(I)c2I)CC(C)(CC)N1C. The lowest BCUT2D eigenvalue weighted by molar-refractivity contribution is -0.0898. The molecule has 2 atom stereocenters. The van der Waals surface area contributed by atoms with Crippen LogP contribution in [0.1, 0.15) is 63.7 Å². The van der Waals surface area contributed by atoms with Crippen LogP contribution in [0.25, 0.3) is 0 Å². The van der Waals surface area contributed by atoms with Gasteiger partial charge in [0.2, 0.25) is 0 Å². The van der Waals surface area contributed by atoms with Gasteiger partial charge >= 0.3 is 5.97 Å². The van der Waals surface area contributed by atoms with Crippen LogP contribution in [0.4, 0.5) is 0 Å². The minimum Gasteiger partial charge on any atom is -0.459 e. The fourth-order valence-corrected chi connectivity index (χ4v) is 6.12. The number of rotatable bonds is 4. The van der Waals surface area contributed by atoms with Crippen LogP contribution in [0.15, 0.2) is 12.1 Å². The molecule has 25 heavy (non-hydrogen) atoms. The number of ether oxygens (including phenoxy) is 1. The van der Waals surface area contributed by atoms with Crippen LogP contribution < -0.4 is 0 Å². The Morgan fingerprint density at radius 3 is 2.16 bits per heavy atom. The number of carbonyl (C=O) groups excluding carboxylic acids is 1. The number of likely N-dealkylation sites (tertiary alicyclic amines) is 1. The summed E-state index contributed by atoms with van der Waals surface area (Å²) in [5, 5.41) is 0. The van der Waals surface area contributed by atoms with E-state index in [1.807, 2.05) is 6.07 Å². The fourth-order valence-electron chi connectivity index (χ4n) is 3.74. The van der Waals surface area contributed by atoms with Gasteiger partial charge in [0.05, 0.1) is 5.56 Å². The summed E-state index contributed by atoms with van der Waals surface area (Å²) in [6.07, 6.45) is 3.83. The standard InChI is InChI=1S/C19H26I3NO2/c1-6-18(3)10-13(11-19(4,7-2)23(18)5)25-17(24)14-8-12(20)9-15(21)16(14)22/h8-9,13H,6-7,10-11H2,1-5H3. The number of carbonyl (C=O) groups is 1. The van der Waals surface area contributed by atoms with Crippen LogP contribution in [0.2, 0.25) is 0 Å². The number of esters is 1. The van der Waals surface area contributed by atoms with Gasteiger partial charge in [0, 0.05) is 34.6 Å². The Kier molecular flexibility index (Phi) is 7.49. The molecule has 0 N–H and O–H groups in total. The van der Waals surface area contributed by atoms with Gasteiger partial charge in [-0.05, 0) is 114 Å². The van der Waals surface area contributed by atoms with Crippen molar-refractivity contribution in [3.05, 3.63) is 28.4 Å². The first kappa shape index (κ1) is 22.1. The van der Waals surface area contributed by atoms with E-state index in [9.17, 15) is 4.79 Å². The molecule has 0 amide bonds. The summed E-state index contributed by atoms with van der Waals surface area (Å²) in [5.74, 6) is -0.188. The minimum atomic E-state index is -0.188. The molecule has 0 aliphatic carbocycles. The Hall–Kier alpha value is 0.840. The maximum atomic E-state index is 12.9. The average molecular weight is 681 g/mol. The number of piperidine rings is 1. The summed E-state index contributed by atoms with van der Waals surface area (Å²) in [5.41, 5.74) is 0.800. The molecule has 1 saturated heterocycles. The summed E-state index contributed by atoms with van der Waals surface area (Å²) in [4.78, 5) is 15.4. The molecule has 1 aliphatic heterocycles. The Bertz CT molecular complexity index is 646. The third-order valence-electron chi connectivity index (χ3n) is 5.96. The third-order valence-corrected chi connectivity index (χ3v) is 9.63. The van der Waals surface area contributed by atoms with Crippen LogP contribution >= 0.6 is 67.8 Å². The molecule has 0 aromatic heterocycles. The lowest BCUT2D eigenvalue weighted by atomic mass is 9.74. The number of halogens is 3. The van der Waals surface area contributed by atoms with E-state index in [0.29, 0.717) is 5.56 Å². The lowest BCUT2D eigenvalue weighted by Gasteiger charge is -2.55. The van der Waals surface area contributed by atoms with Gasteiger partial charge in [-0.3, -0.25) is 4.90 Å². The van der Waals surface area contributed by atoms with Crippen molar-refractivity contribution >= 4 is 73.7 Å². The average Bonchev–Trinajstić information content (AvgIpc) is 2.55. The predicted molar refractivity (Wildman–Crippen MR) is 128 cm³/mol. The normalized spacial score (nSPS) is 30.3. The second kappa shape index (κ2) is 8.46. The van der Waals surface area contributed by atoms with Crippen molar-refractivity contribution in [2.75, 3.05) is 7.05 Å². The highest BCUT2D eigenvalue weighted by atomic mass is 127. The molecule has 2 unspecified atom stereocenters. The monoisotopic (exact) mass is 681 g/mol. The van der Waals surface area contributed by atoms with Crippen LogP contribution in [-0.4, -0.2) is 35.1 Å². The van der Waals surface area contributed by atoms with Crippen molar-refractivity contribution in [3.63, 3.8) is 0 Å². The van der Waals surface area contributed by atoms with E-state index >= 15 is 0 Å². The molecule has 0 radical (unpaired) electrons. The molecule has 0 bridgehead atoms. The zero-order valence-corrected chi connectivity index (χ0v) is 21.9. The first-order chi connectivity index (χ1) is 11.6. The number of hydrogen-bond acceptors (Lipinski definition) is 3. The van der Waals surface area contributed by atoms with E-state index < -0.39 is 0 Å². The van der Waals surface area contributed by atoms with Gasteiger partial charge in [-0.1, -0.05) is 13.8 Å². The molecular weight excluding hydrogens is 655 g/mol. The highest BCUT2D eigenvalue weighted by molar-refractivity contribution is 14.1. The first-order valence-corrected chi connectivity index (χ1v) is 11.9. The van der Waals surface area contributed by atoms with Gasteiger partial charge in [-0.15, -0.1) is 0 Å². The molecule has 3 nitrogen and oxygen atoms in total. The Balaban J connectivity index is 2.26. The Morgan fingerprint density at radius 1 is 1.16 bits per heavy atom. The van der Waals surface area contributed by atoms with Crippen molar-refractivity contribution in [1.29, 1.82) is 0 Å².